The molecule has 0 heterocycles. The van der Waals surface area contributed by atoms with Crippen LogP contribution in [0.3, 0.4) is 0 Å². The summed E-state index contributed by atoms with van der Waals surface area (Å²) in [7, 11) is -4.03. The number of hydrogen-bond donors (Lipinski definition) is 2. The van der Waals surface area contributed by atoms with Crippen molar-refractivity contribution in [2.24, 2.45) is 0 Å². The van der Waals surface area contributed by atoms with Gasteiger partial charge in [-0.1, -0.05) is 61.7 Å². The third-order valence-corrected chi connectivity index (χ3v) is 8.41. The first-order chi connectivity index (χ1) is 17.8. The minimum Gasteiger partial charge on any atom is -0.349 e. The Morgan fingerprint density at radius 2 is 1.57 bits per heavy atom. The van der Waals surface area contributed by atoms with Gasteiger partial charge in [0.15, 0.2) is 0 Å². The molecule has 2 amide bonds. The van der Waals surface area contributed by atoms with Crippen molar-refractivity contribution in [2.45, 2.75) is 56.9 Å². The first kappa shape index (κ1) is 26.4. The molecule has 1 aliphatic rings. The SMILES string of the molecule is Cc1ccc(C)c(N(CC(=O)Nc2ccccc2C(=O)NC2CCCCC2)S(=O)(=O)c2ccccc2)c1. The molecular formula is C29H33N3O4S. The van der Waals surface area contributed by atoms with E-state index in [1.165, 1.54) is 18.6 Å². The summed E-state index contributed by atoms with van der Waals surface area (Å²) >= 11 is 0. The zero-order valence-electron chi connectivity index (χ0n) is 21.2. The van der Waals surface area contributed by atoms with E-state index in [4.69, 9.17) is 0 Å². The zero-order chi connectivity index (χ0) is 26.4. The standard InChI is InChI=1S/C29H33N3O4S/c1-21-17-18-22(2)27(19-21)32(37(35,36)24-13-7-4-8-14-24)20-28(33)31-26-16-10-9-15-25(26)29(34)30-23-11-5-3-6-12-23/h4,7-10,13-19,23H,3,5-6,11-12,20H2,1-2H3,(H,30,34)(H,31,33). The second-order valence-corrected chi connectivity index (χ2v) is 11.4. The fourth-order valence-corrected chi connectivity index (χ4v) is 6.13. The molecule has 4 rings (SSSR count). The summed E-state index contributed by atoms with van der Waals surface area (Å²) in [5.74, 6) is -0.788. The predicted octanol–water partition coefficient (Wildman–Crippen LogP) is 5.20. The molecule has 0 bridgehead atoms. The van der Waals surface area contributed by atoms with Gasteiger partial charge < -0.3 is 10.6 Å². The monoisotopic (exact) mass is 519 g/mol. The van der Waals surface area contributed by atoms with Gasteiger partial charge in [-0.25, -0.2) is 8.42 Å². The minimum absolute atomic E-state index is 0.0935. The van der Waals surface area contributed by atoms with Crippen LogP contribution in [0.15, 0.2) is 77.7 Å². The van der Waals surface area contributed by atoms with Crippen LogP contribution in [0.2, 0.25) is 0 Å². The van der Waals surface area contributed by atoms with Crippen LogP contribution in [0.1, 0.15) is 53.6 Å². The number of rotatable bonds is 8. The maximum atomic E-state index is 13.7. The van der Waals surface area contributed by atoms with E-state index < -0.39 is 22.5 Å². The van der Waals surface area contributed by atoms with Crippen LogP contribution in [0.25, 0.3) is 0 Å². The lowest BCUT2D eigenvalue weighted by Gasteiger charge is -2.26. The van der Waals surface area contributed by atoms with E-state index in [0.717, 1.165) is 41.1 Å². The molecule has 194 valence electrons. The van der Waals surface area contributed by atoms with Gasteiger partial charge in [0.25, 0.3) is 15.9 Å². The Labute approximate surface area is 218 Å². The summed E-state index contributed by atoms with van der Waals surface area (Å²) in [5.41, 5.74) is 2.73. The number of carbonyl (C=O) groups is 2. The van der Waals surface area contributed by atoms with Crippen LogP contribution in [0.5, 0.6) is 0 Å². The lowest BCUT2D eigenvalue weighted by Crippen LogP contribution is -2.39. The quantitative estimate of drug-likeness (QED) is 0.428. The maximum absolute atomic E-state index is 13.7. The van der Waals surface area contributed by atoms with Gasteiger partial charge in [-0.15, -0.1) is 0 Å². The van der Waals surface area contributed by atoms with E-state index in [-0.39, 0.29) is 16.8 Å². The van der Waals surface area contributed by atoms with Crippen LogP contribution in [0.4, 0.5) is 11.4 Å². The summed E-state index contributed by atoms with van der Waals surface area (Å²) in [5, 5.41) is 5.86. The lowest BCUT2D eigenvalue weighted by molar-refractivity contribution is -0.114. The summed E-state index contributed by atoms with van der Waals surface area (Å²) in [6.07, 6.45) is 5.26. The van der Waals surface area contributed by atoms with Crippen LogP contribution in [-0.2, 0) is 14.8 Å². The summed E-state index contributed by atoms with van der Waals surface area (Å²) in [6.45, 7) is 3.24. The maximum Gasteiger partial charge on any atom is 0.264 e. The normalized spacial score (nSPS) is 14.1. The van der Waals surface area contributed by atoms with Gasteiger partial charge >= 0.3 is 0 Å². The van der Waals surface area contributed by atoms with Crippen molar-refractivity contribution >= 4 is 33.2 Å². The summed E-state index contributed by atoms with van der Waals surface area (Å²) in [6, 6.07) is 20.5. The topological polar surface area (TPSA) is 95.6 Å². The second kappa shape index (κ2) is 11.6. The van der Waals surface area contributed by atoms with E-state index in [9.17, 15) is 18.0 Å². The Balaban J connectivity index is 1.60. The number of para-hydroxylation sites is 1. The number of hydrogen-bond acceptors (Lipinski definition) is 4. The van der Waals surface area contributed by atoms with E-state index in [1.807, 2.05) is 26.0 Å². The molecular weight excluding hydrogens is 486 g/mol. The summed E-state index contributed by atoms with van der Waals surface area (Å²) in [4.78, 5) is 26.4. The van der Waals surface area contributed by atoms with E-state index in [1.54, 1.807) is 48.5 Å². The van der Waals surface area contributed by atoms with E-state index in [2.05, 4.69) is 10.6 Å². The molecule has 8 heteroatoms. The molecule has 0 atom stereocenters. The highest BCUT2D eigenvalue weighted by atomic mass is 32.2. The fraction of sp³-hybridized carbons (Fsp3) is 0.310. The smallest absolute Gasteiger partial charge is 0.264 e. The number of carbonyl (C=O) groups excluding carboxylic acids is 2. The molecule has 3 aromatic rings. The number of benzene rings is 3. The van der Waals surface area contributed by atoms with Crippen molar-refractivity contribution in [1.29, 1.82) is 0 Å². The van der Waals surface area contributed by atoms with Gasteiger partial charge in [0.05, 0.1) is 21.8 Å². The Hall–Kier alpha value is -3.65. The number of amides is 2. The largest absolute Gasteiger partial charge is 0.349 e. The third-order valence-electron chi connectivity index (χ3n) is 6.64. The fourth-order valence-electron chi connectivity index (χ4n) is 4.63. The van der Waals surface area contributed by atoms with Crippen LogP contribution in [-0.4, -0.2) is 32.8 Å². The lowest BCUT2D eigenvalue weighted by atomic mass is 9.95. The first-order valence-corrected chi connectivity index (χ1v) is 14.0. The molecule has 37 heavy (non-hydrogen) atoms. The average Bonchev–Trinajstić information content (AvgIpc) is 2.90. The van der Waals surface area contributed by atoms with Crippen molar-refractivity contribution in [3.63, 3.8) is 0 Å². The summed E-state index contributed by atoms with van der Waals surface area (Å²) < 4.78 is 28.5. The number of sulfonamides is 1. The molecule has 1 saturated carbocycles. The molecule has 0 unspecified atom stereocenters. The molecule has 0 saturated heterocycles. The highest BCUT2D eigenvalue weighted by Crippen LogP contribution is 2.28. The Morgan fingerprint density at radius 1 is 0.892 bits per heavy atom. The number of anilines is 2. The molecule has 1 aliphatic carbocycles. The molecule has 3 aromatic carbocycles. The highest BCUT2D eigenvalue weighted by molar-refractivity contribution is 7.92. The molecule has 0 spiro atoms. The first-order valence-electron chi connectivity index (χ1n) is 12.6. The van der Waals surface area contributed by atoms with Crippen LogP contribution < -0.4 is 14.9 Å². The molecule has 7 nitrogen and oxygen atoms in total. The van der Waals surface area contributed by atoms with Gasteiger partial charge in [-0.05, 0) is 68.1 Å². The Kier molecular flexibility index (Phi) is 8.28. The van der Waals surface area contributed by atoms with Gasteiger partial charge in [-0.2, -0.15) is 0 Å². The molecule has 2 N–H and O–H groups in total. The third kappa shape index (κ3) is 6.38. The molecule has 0 aliphatic heterocycles. The number of nitrogens with one attached hydrogen (secondary N) is 2. The van der Waals surface area contributed by atoms with Crippen molar-refractivity contribution in [1.82, 2.24) is 5.32 Å². The van der Waals surface area contributed by atoms with Crippen molar-refractivity contribution < 1.29 is 18.0 Å². The molecule has 0 aromatic heterocycles. The average molecular weight is 520 g/mol. The predicted molar refractivity (Wildman–Crippen MR) is 146 cm³/mol. The van der Waals surface area contributed by atoms with Crippen LogP contribution in [0, 0.1) is 13.8 Å². The van der Waals surface area contributed by atoms with Crippen molar-refractivity contribution in [3.05, 3.63) is 89.5 Å². The highest BCUT2D eigenvalue weighted by Gasteiger charge is 2.29. The molecule has 0 radical (unpaired) electrons. The Morgan fingerprint density at radius 3 is 2.30 bits per heavy atom. The van der Waals surface area contributed by atoms with Gasteiger partial charge in [0, 0.05) is 6.04 Å². The van der Waals surface area contributed by atoms with Gasteiger partial charge in [-0.3, -0.25) is 13.9 Å². The van der Waals surface area contributed by atoms with Gasteiger partial charge in [0.2, 0.25) is 5.91 Å². The zero-order valence-corrected chi connectivity index (χ0v) is 22.1. The Bertz CT molecular complexity index is 1370. The molecule has 1 fully saturated rings. The van der Waals surface area contributed by atoms with E-state index >= 15 is 0 Å². The number of aryl methyl sites for hydroxylation is 2. The van der Waals surface area contributed by atoms with E-state index in [0.29, 0.717) is 16.9 Å². The number of nitrogens with zero attached hydrogens (tertiary/aromatic N) is 1. The van der Waals surface area contributed by atoms with Crippen LogP contribution >= 0.6 is 0 Å². The van der Waals surface area contributed by atoms with Crippen molar-refractivity contribution in [2.75, 3.05) is 16.2 Å². The second-order valence-electron chi connectivity index (χ2n) is 9.52. The van der Waals surface area contributed by atoms with Crippen molar-refractivity contribution in [3.8, 4) is 0 Å². The minimum atomic E-state index is -4.03. The van der Waals surface area contributed by atoms with Gasteiger partial charge in [0.1, 0.15) is 6.54 Å².